The first-order valence-corrected chi connectivity index (χ1v) is 6.75. The summed E-state index contributed by atoms with van der Waals surface area (Å²) in [5.41, 5.74) is 1.10. The van der Waals surface area contributed by atoms with Crippen LogP contribution >= 0.6 is 0 Å². The summed E-state index contributed by atoms with van der Waals surface area (Å²) in [6, 6.07) is 0.478. The SMILES string of the molecule is C[C@H]1CCCN([C@H]2/C(=N/O)[C@H]3CC[C@H]2C3)C1. The molecule has 0 unspecified atom stereocenters. The van der Waals surface area contributed by atoms with Gasteiger partial charge in [-0.3, -0.25) is 4.90 Å². The summed E-state index contributed by atoms with van der Waals surface area (Å²) in [6.07, 6.45) is 6.55. The topological polar surface area (TPSA) is 35.8 Å². The molecule has 90 valence electrons. The molecular formula is C13H22N2O. The van der Waals surface area contributed by atoms with Gasteiger partial charge in [-0.2, -0.15) is 0 Å². The minimum atomic E-state index is 0.478. The molecule has 1 saturated heterocycles. The van der Waals surface area contributed by atoms with Crippen LogP contribution < -0.4 is 0 Å². The van der Waals surface area contributed by atoms with E-state index in [1.165, 1.54) is 45.2 Å². The normalized spacial score (nSPS) is 46.7. The lowest BCUT2D eigenvalue weighted by atomic mass is 9.89. The van der Waals surface area contributed by atoms with Crippen LogP contribution in [-0.4, -0.2) is 35.0 Å². The Bertz CT molecular complexity index is 302. The lowest BCUT2D eigenvalue weighted by molar-refractivity contribution is 0.131. The van der Waals surface area contributed by atoms with Gasteiger partial charge in [0.1, 0.15) is 0 Å². The van der Waals surface area contributed by atoms with Crippen molar-refractivity contribution >= 4 is 5.71 Å². The van der Waals surface area contributed by atoms with E-state index in [0.29, 0.717) is 12.0 Å². The van der Waals surface area contributed by atoms with Crippen molar-refractivity contribution in [1.29, 1.82) is 0 Å². The Kier molecular flexibility index (Phi) is 2.66. The van der Waals surface area contributed by atoms with Crippen molar-refractivity contribution in [3.63, 3.8) is 0 Å². The van der Waals surface area contributed by atoms with Crippen LogP contribution in [0.5, 0.6) is 0 Å². The standard InChI is InChI=1S/C13H22N2O/c1-9-3-2-6-15(8-9)13-11-5-4-10(7-11)12(13)14-16/h9-11,13,16H,2-8H2,1H3/b14-12+/t9-,10-,11-,13+/m0/s1. The van der Waals surface area contributed by atoms with E-state index in [9.17, 15) is 5.21 Å². The number of likely N-dealkylation sites (tertiary alicyclic amines) is 1. The number of oxime groups is 1. The van der Waals surface area contributed by atoms with Gasteiger partial charge in [0, 0.05) is 12.5 Å². The van der Waals surface area contributed by atoms with Crippen molar-refractivity contribution < 1.29 is 5.21 Å². The summed E-state index contributed by atoms with van der Waals surface area (Å²) in [4.78, 5) is 2.59. The van der Waals surface area contributed by atoms with Crippen molar-refractivity contribution in [2.45, 2.75) is 45.1 Å². The average Bonchev–Trinajstić information content (AvgIpc) is 2.88. The molecule has 2 bridgehead atoms. The Morgan fingerprint density at radius 1 is 1.31 bits per heavy atom. The summed E-state index contributed by atoms with van der Waals surface area (Å²) in [7, 11) is 0. The maximum absolute atomic E-state index is 9.22. The van der Waals surface area contributed by atoms with Crippen LogP contribution in [0.1, 0.15) is 39.0 Å². The van der Waals surface area contributed by atoms with Gasteiger partial charge in [-0.05, 0) is 50.5 Å². The molecule has 3 aliphatic rings. The molecular weight excluding hydrogens is 200 g/mol. The molecule has 3 heteroatoms. The highest BCUT2D eigenvalue weighted by Crippen LogP contribution is 2.45. The van der Waals surface area contributed by atoms with Crippen LogP contribution in [0, 0.1) is 17.8 Å². The van der Waals surface area contributed by atoms with Crippen LogP contribution in [0.3, 0.4) is 0 Å². The van der Waals surface area contributed by atoms with Crippen LogP contribution in [0.2, 0.25) is 0 Å². The smallest absolute Gasteiger partial charge is 0.0775 e. The highest BCUT2D eigenvalue weighted by Gasteiger charge is 2.48. The third-order valence-electron chi connectivity index (χ3n) is 4.84. The zero-order valence-electron chi connectivity index (χ0n) is 10.1. The van der Waals surface area contributed by atoms with Gasteiger partial charge in [-0.25, -0.2) is 0 Å². The Hall–Kier alpha value is -0.570. The lowest BCUT2D eigenvalue weighted by Crippen LogP contribution is -2.49. The molecule has 0 amide bonds. The van der Waals surface area contributed by atoms with E-state index in [1.54, 1.807) is 0 Å². The number of hydrogen-bond donors (Lipinski definition) is 1. The maximum Gasteiger partial charge on any atom is 0.0775 e. The number of nitrogens with zero attached hydrogens (tertiary/aromatic N) is 2. The van der Waals surface area contributed by atoms with Crippen molar-refractivity contribution in [3.05, 3.63) is 0 Å². The molecule has 1 aliphatic heterocycles. The quantitative estimate of drug-likeness (QED) is 0.546. The fourth-order valence-corrected chi connectivity index (χ4v) is 4.16. The van der Waals surface area contributed by atoms with E-state index >= 15 is 0 Å². The molecule has 1 heterocycles. The van der Waals surface area contributed by atoms with Gasteiger partial charge in [-0.1, -0.05) is 12.1 Å². The predicted molar refractivity (Wildman–Crippen MR) is 63.8 cm³/mol. The van der Waals surface area contributed by atoms with E-state index < -0.39 is 0 Å². The van der Waals surface area contributed by atoms with E-state index in [2.05, 4.69) is 17.0 Å². The third kappa shape index (κ3) is 1.56. The molecule has 0 aromatic carbocycles. The van der Waals surface area contributed by atoms with Crippen molar-refractivity contribution in [3.8, 4) is 0 Å². The monoisotopic (exact) mass is 222 g/mol. The van der Waals surface area contributed by atoms with Crippen molar-refractivity contribution in [2.24, 2.45) is 22.9 Å². The van der Waals surface area contributed by atoms with Gasteiger partial charge in [-0.15, -0.1) is 0 Å². The summed E-state index contributed by atoms with van der Waals surface area (Å²) in [5.74, 6) is 2.19. The first-order chi connectivity index (χ1) is 7.79. The number of rotatable bonds is 1. The van der Waals surface area contributed by atoms with Crippen molar-refractivity contribution in [1.82, 2.24) is 4.90 Å². The number of hydrogen-bond acceptors (Lipinski definition) is 3. The molecule has 0 radical (unpaired) electrons. The molecule has 0 spiro atoms. The van der Waals surface area contributed by atoms with E-state index in [-0.39, 0.29) is 0 Å². The number of fused-ring (bicyclic) bond motifs is 2. The first kappa shape index (κ1) is 10.6. The van der Waals surface area contributed by atoms with Gasteiger partial charge in [0.05, 0.1) is 11.8 Å². The highest BCUT2D eigenvalue weighted by atomic mass is 16.4. The minimum Gasteiger partial charge on any atom is -0.411 e. The zero-order valence-corrected chi connectivity index (χ0v) is 10.1. The Balaban J connectivity index is 1.78. The Morgan fingerprint density at radius 3 is 2.94 bits per heavy atom. The molecule has 3 fully saturated rings. The second-order valence-corrected chi connectivity index (χ2v) is 5.98. The molecule has 1 N–H and O–H groups in total. The molecule has 3 nitrogen and oxygen atoms in total. The van der Waals surface area contributed by atoms with Gasteiger partial charge in [0.2, 0.25) is 0 Å². The lowest BCUT2D eigenvalue weighted by Gasteiger charge is -2.39. The molecule has 0 aromatic heterocycles. The fourth-order valence-electron chi connectivity index (χ4n) is 4.16. The summed E-state index contributed by atoms with van der Waals surface area (Å²) < 4.78 is 0. The second-order valence-electron chi connectivity index (χ2n) is 5.98. The maximum atomic E-state index is 9.22. The fraction of sp³-hybridized carbons (Fsp3) is 0.923. The average molecular weight is 222 g/mol. The summed E-state index contributed by atoms with van der Waals surface area (Å²) in [6.45, 7) is 4.75. The Morgan fingerprint density at radius 2 is 2.19 bits per heavy atom. The van der Waals surface area contributed by atoms with Crippen LogP contribution in [0.4, 0.5) is 0 Å². The molecule has 2 aliphatic carbocycles. The molecule has 0 aromatic rings. The second kappa shape index (κ2) is 4.02. The van der Waals surface area contributed by atoms with Gasteiger partial charge in [0.25, 0.3) is 0 Å². The van der Waals surface area contributed by atoms with Crippen LogP contribution in [0.15, 0.2) is 5.16 Å². The minimum absolute atomic E-state index is 0.478. The van der Waals surface area contributed by atoms with Crippen LogP contribution in [-0.2, 0) is 0 Å². The summed E-state index contributed by atoms with van der Waals surface area (Å²) >= 11 is 0. The molecule has 16 heavy (non-hydrogen) atoms. The van der Waals surface area contributed by atoms with Gasteiger partial charge < -0.3 is 5.21 Å². The highest BCUT2D eigenvalue weighted by molar-refractivity contribution is 5.94. The molecule has 4 atom stereocenters. The third-order valence-corrected chi connectivity index (χ3v) is 4.84. The first-order valence-electron chi connectivity index (χ1n) is 6.75. The van der Waals surface area contributed by atoms with Crippen LogP contribution in [0.25, 0.3) is 0 Å². The predicted octanol–water partition coefficient (Wildman–Crippen LogP) is 2.35. The van der Waals surface area contributed by atoms with Gasteiger partial charge >= 0.3 is 0 Å². The van der Waals surface area contributed by atoms with Crippen molar-refractivity contribution in [2.75, 3.05) is 13.1 Å². The summed E-state index contributed by atoms with van der Waals surface area (Å²) in [5, 5.41) is 12.8. The van der Waals surface area contributed by atoms with E-state index in [4.69, 9.17) is 0 Å². The van der Waals surface area contributed by atoms with Gasteiger partial charge in [0.15, 0.2) is 0 Å². The molecule has 2 saturated carbocycles. The Labute approximate surface area is 97.5 Å². The van der Waals surface area contributed by atoms with E-state index in [1.807, 2.05) is 0 Å². The zero-order chi connectivity index (χ0) is 11.1. The van der Waals surface area contributed by atoms with E-state index in [0.717, 1.165) is 17.5 Å². The number of piperidine rings is 1. The largest absolute Gasteiger partial charge is 0.411 e. The molecule has 3 rings (SSSR count).